The second-order valence-corrected chi connectivity index (χ2v) is 7.18. The largest absolute Gasteiger partial charge is 0.454 e. The van der Waals surface area contributed by atoms with Crippen LogP contribution in [0, 0.1) is 0 Å². The zero-order chi connectivity index (χ0) is 19.6. The predicted octanol–water partition coefficient (Wildman–Crippen LogP) is 3.25. The van der Waals surface area contributed by atoms with Crippen LogP contribution < -0.4 is 14.8 Å². The molecular weight excluding hydrogens is 390 g/mol. The molecule has 5 rings (SSSR count). The van der Waals surface area contributed by atoms with E-state index in [-0.39, 0.29) is 18.5 Å². The first-order valence-corrected chi connectivity index (χ1v) is 9.85. The molecular formula is C20H15N5O3S. The van der Waals surface area contributed by atoms with Gasteiger partial charge in [0.05, 0.1) is 11.4 Å². The van der Waals surface area contributed by atoms with Crippen molar-refractivity contribution >= 4 is 29.0 Å². The molecule has 4 aromatic rings. The van der Waals surface area contributed by atoms with Crippen molar-refractivity contribution in [2.24, 2.45) is 0 Å². The van der Waals surface area contributed by atoms with E-state index < -0.39 is 0 Å². The smallest absolute Gasteiger partial charge is 0.234 e. The number of rotatable bonds is 5. The van der Waals surface area contributed by atoms with Gasteiger partial charge in [0.15, 0.2) is 17.1 Å². The summed E-state index contributed by atoms with van der Waals surface area (Å²) in [7, 11) is 0. The Balaban J connectivity index is 1.35. The third kappa shape index (κ3) is 3.59. The van der Waals surface area contributed by atoms with Crippen molar-refractivity contribution in [2.45, 2.75) is 5.16 Å². The summed E-state index contributed by atoms with van der Waals surface area (Å²) in [6, 6.07) is 18.7. The van der Waals surface area contributed by atoms with Gasteiger partial charge in [-0.25, -0.2) is 0 Å². The lowest BCUT2D eigenvalue weighted by molar-refractivity contribution is -0.113. The Labute approximate surface area is 169 Å². The monoisotopic (exact) mass is 405 g/mol. The van der Waals surface area contributed by atoms with Gasteiger partial charge in [0.1, 0.15) is 0 Å². The van der Waals surface area contributed by atoms with Crippen LogP contribution in [0.4, 0.5) is 5.69 Å². The Kier molecular flexibility index (Phi) is 4.49. The van der Waals surface area contributed by atoms with E-state index in [1.165, 1.54) is 11.8 Å². The van der Waals surface area contributed by atoms with E-state index in [4.69, 9.17) is 9.47 Å². The maximum atomic E-state index is 12.2. The van der Waals surface area contributed by atoms with Crippen LogP contribution in [0.5, 0.6) is 11.5 Å². The summed E-state index contributed by atoms with van der Waals surface area (Å²) in [6.45, 7) is 0.225. The number of ether oxygens (including phenoxy) is 2. The lowest BCUT2D eigenvalue weighted by atomic mass is 10.1. The van der Waals surface area contributed by atoms with Gasteiger partial charge >= 0.3 is 0 Å². The predicted molar refractivity (Wildman–Crippen MR) is 108 cm³/mol. The molecule has 0 fully saturated rings. The Morgan fingerprint density at radius 1 is 1.03 bits per heavy atom. The first-order chi connectivity index (χ1) is 14.3. The van der Waals surface area contributed by atoms with Gasteiger partial charge in [-0.1, -0.05) is 30.0 Å². The van der Waals surface area contributed by atoms with E-state index in [0.717, 1.165) is 22.7 Å². The highest BCUT2D eigenvalue weighted by Gasteiger charge is 2.16. The molecule has 2 aromatic carbocycles. The summed E-state index contributed by atoms with van der Waals surface area (Å²) >= 11 is 1.28. The van der Waals surface area contributed by atoms with Crippen LogP contribution in [0.1, 0.15) is 0 Å². The van der Waals surface area contributed by atoms with Crippen LogP contribution in [0.2, 0.25) is 0 Å². The molecule has 9 heteroatoms. The average molecular weight is 405 g/mol. The Hall–Kier alpha value is -3.59. The third-order valence-electron chi connectivity index (χ3n) is 4.29. The SMILES string of the molecule is O=C(CSc1nnc2ccc(-c3ccc4c(c3)OCO4)nn12)Nc1ccccc1. The highest BCUT2D eigenvalue weighted by atomic mass is 32.2. The molecule has 1 aliphatic heterocycles. The topological polar surface area (TPSA) is 90.6 Å². The molecule has 1 aliphatic rings. The number of fused-ring (bicyclic) bond motifs is 2. The molecule has 0 atom stereocenters. The van der Waals surface area contributed by atoms with Crippen LogP contribution in [-0.4, -0.2) is 38.3 Å². The van der Waals surface area contributed by atoms with Gasteiger partial charge in [0.25, 0.3) is 0 Å². The van der Waals surface area contributed by atoms with Crippen LogP contribution in [-0.2, 0) is 4.79 Å². The van der Waals surface area contributed by atoms with Crippen molar-refractivity contribution < 1.29 is 14.3 Å². The molecule has 144 valence electrons. The molecule has 29 heavy (non-hydrogen) atoms. The molecule has 1 N–H and O–H groups in total. The van der Waals surface area contributed by atoms with Gasteiger partial charge in [-0.15, -0.1) is 10.2 Å². The summed E-state index contributed by atoms with van der Waals surface area (Å²) < 4.78 is 12.4. The van der Waals surface area contributed by atoms with E-state index in [2.05, 4.69) is 20.6 Å². The number of para-hydroxylation sites is 1. The maximum Gasteiger partial charge on any atom is 0.234 e. The number of thioether (sulfide) groups is 1. The normalized spacial score (nSPS) is 12.3. The van der Waals surface area contributed by atoms with Gasteiger partial charge in [-0.3, -0.25) is 4.79 Å². The number of anilines is 1. The minimum Gasteiger partial charge on any atom is -0.454 e. The second kappa shape index (κ2) is 7.44. The molecule has 2 aromatic heterocycles. The fourth-order valence-electron chi connectivity index (χ4n) is 2.92. The summed E-state index contributed by atoms with van der Waals surface area (Å²) in [4.78, 5) is 12.2. The molecule has 0 saturated heterocycles. The summed E-state index contributed by atoms with van der Waals surface area (Å²) in [5.41, 5.74) is 3.00. The lowest BCUT2D eigenvalue weighted by Gasteiger charge is -2.05. The van der Waals surface area contributed by atoms with Gasteiger partial charge < -0.3 is 14.8 Å². The number of nitrogens with zero attached hydrogens (tertiary/aromatic N) is 4. The van der Waals surface area contributed by atoms with Crippen molar-refractivity contribution in [3.8, 4) is 22.8 Å². The highest BCUT2D eigenvalue weighted by molar-refractivity contribution is 7.99. The van der Waals surface area contributed by atoms with Crippen LogP contribution in [0.3, 0.4) is 0 Å². The minimum atomic E-state index is -0.120. The van der Waals surface area contributed by atoms with Crippen molar-refractivity contribution in [3.05, 3.63) is 60.7 Å². The summed E-state index contributed by atoms with van der Waals surface area (Å²) in [5, 5.41) is 16.3. The molecule has 8 nitrogen and oxygen atoms in total. The molecule has 0 bridgehead atoms. The lowest BCUT2D eigenvalue weighted by Crippen LogP contribution is -2.14. The fourth-order valence-corrected chi connectivity index (χ4v) is 3.61. The van der Waals surface area contributed by atoms with E-state index >= 15 is 0 Å². The van der Waals surface area contributed by atoms with E-state index in [1.807, 2.05) is 60.7 Å². The number of carbonyl (C=O) groups is 1. The zero-order valence-electron chi connectivity index (χ0n) is 15.1. The zero-order valence-corrected chi connectivity index (χ0v) is 15.9. The van der Waals surface area contributed by atoms with Crippen molar-refractivity contribution in [1.29, 1.82) is 0 Å². The molecule has 0 radical (unpaired) electrons. The quantitative estimate of drug-likeness (QED) is 0.510. The number of aromatic nitrogens is 4. The van der Waals surface area contributed by atoms with Crippen molar-refractivity contribution in [2.75, 3.05) is 17.9 Å². The van der Waals surface area contributed by atoms with Gasteiger partial charge in [-0.2, -0.15) is 9.61 Å². The fraction of sp³-hybridized carbons (Fsp3) is 0.100. The van der Waals surface area contributed by atoms with Gasteiger partial charge in [0.2, 0.25) is 17.9 Å². The van der Waals surface area contributed by atoms with Crippen LogP contribution in [0.25, 0.3) is 16.9 Å². The number of amides is 1. The number of carbonyl (C=O) groups excluding carboxylic acids is 1. The first-order valence-electron chi connectivity index (χ1n) is 8.86. The third-order valence-corrected chi connectivity index (χ3v) is 5.21. The molecule has 1 amide bonds. The molecule has 0 aliphatic carbocycles. The Bertz CT molecular complexity index is 1200. The van der Waals surface area contributed by atoms with E-state index in [1.54, 1.807) is 4.52 Å². The number of benzene rings is 2. The minimum absolute atomic E-state index is 0.120. The van der Waals surface area contributed by atoms with E-state index in [9.17, 15) is 4.79 Å². The maximum absolute atomic E-state index is 12.2. The van der Waals surface area contributed by atoms with Crippen LogP contribution >= 0.6 is 11.8 Å². The van der Waals surface area contributed by atoms with Crippen molar-refractivity contribution in [1.82, 2.24) is 19.8 Å². The summed E-state index contributed by atoms with van der Waals surface area (Å²) in [5.74, 6) is 1.50. The second-order valence-electron chi connectivity index (χ2n) is 6.24. The van der Waals surface area contributed by atoms with Gasteiger partial charge in [-0.05, 0) is 42.5 Å². The Morgan fingerprint density at radius 2 is 1.90 bits per heavy atom. The average Bonchev–Trinajstić information content (AvgIpc) is 3.38. The van der Waals surface area contributed by atoms with E-state index in [0.29, 0.717) is 16.6 Å². The Morgan fingerprint density at radius 3 is 2.79 bits per heavy atom. The molecule has 0 saturated carbocycles. The van der Waals surface area contributed by atoms with Gasteiger partial charge in [0, 0.05) is 11.3 Å². The molecule has 3 heterocycles. The number of nitrogens with one attached hydrogen (secondary N) is 1. The van der Waals surface area contributed by atoms with Crippen molar-refractivity contribution in [3.63, 3.8) is 0 Å². The molecule has 0 unspecified atom stereocenters. The number of hydrogen-bond donors (Lipinski definition) is 1. The molecule has 0 spiro atoms. The first kappa shape index (κ1) is 17.5. The number of hydrogen-bond acceptors (Lipinski definition) is 7. The standard InChI is InChI=1S/C20H15N5O3S/c26-19(21-14-4-2-1-3-5-14)11-29-20-23-22-18-9-7-15(24-25(18)20)13-6-8-16-17(10-13)28-12-27-16/h1-10H,11-12H2,(H,21,26). The highest BCUT2D eigenvalue weighted by Crippen LogP contribution is 2.35. The summed E-state index contributed by atoms with van der Waals surface area (Å²) in [6.07, 6.45) is 0. The van der Waals surface area contributed by atoms with Crippen LogP contribution in [0.15, 0.2) is 65.8 Å².